The molecule has 6 rings (SSSR count). The van der Waals surface area contributed by atoms with Crippen molar-refractivity contribution in [3.63, 3.8) is 0 Å². The monoisotopic (exact) mass is 612 g/mol. The molecule has 3 N–H and O–H groups in total. The largest absolute Gasteiger partial charge is 0.492 e. The highest BCUT2D eigenvalue weighted by molar-refractivity contribution is 5.79. The number of piperazine rings is 1. The maximum atomic E-state index is 16.3. The van der Waals surface area contributed by atoms with Gasteiger partial charge in [-0.25, -0.2) is 14.5 Å². The van der Waals surface area contributed by atoms with E-state index in [2.05, 4.69) is 32.4 Å². The second-order valence-corrected chi connectivity index (χ2v) is 11.3. The number of likely N-dealkylation sites (tertiary alicyclic amines) is 1. The fourth-order valence-corrected chi connectivity index (χ4v) is 5.91. The summed E-state index contributed by atoms with van der Waals surface area (Å²) in [6.07, 6.45) is 4.87. The summed E-state index contributed by atoms with van der Waals surface area (Å²) in [5, 5.41) is 16.7. The summed E-state index contributed by atoms with van der Waals surface area (Å²) in [4.78, 5) is 27.8. The molecule has 0 spiro atoms. The lowest BCUT2D eigenvalue weighted by molar-refractivity contribution is -0.131. The number of nitrogens with zero attached hydrogens (tertiary/aromatic N) is 8. The average Bonchev–Trinajstić information content (AvgIpc) is 3.50. The molecule has 45 heavy (non-hydrogen) atoms. The van der Waals surface area contributed by atoms with Crippen LogP contribution in [0, 0.1) is 17.1 Å². The lowest BCUT2D eigenvalue weighted by Crippen LogP contribution is -2.47. The molecule has 2 saturated heterocycles. The topological polar surface area (TPSA) is 141 Å². The number of anilines is 2. The Balaban J connectivity index is 1.22. The number of benzene rings is 1. The molecule has 0 saturated carbocycles. The minimum atomic E-state index is -0.516. The van der Waals surface area contributed by atoms with Gasteiger partial charge in [-0.1, -0.05) is 18.2 Å². The molecule has 5 heterocycles. The molecule has 0 bridgehead atoms. The van der Waals surface area contributed by atoms with Crippen molar-refractivity contribution in [1.82, 2.24) is 29.4 Å². The Hall–Kier alpha value is -4.80. The summed E-state index contributed by atoms with van der Waals surface area (Å²) < 4.78 is 23.6. The fourth-order valence-electron chi connectivity index (χ4n) is 5.91. The Labute approximate surface area is 261 Å². The molecule has 2 aliphatic rings. The Morgan fingerprint density at radius 1 is 1.11 bits per heavy atom. The van der Waals surface area contributed by atoms with E-state index >= 15 is 4.39 Å². The van der Waals surface area contributed by atoms with Gasteiger partial charge in [0, 0.05) is 64.6 Å². The number of halogens is 1. The van der Waals surface area contributed by atoms with Crippen LogP contribution < -0.4 is 20.7 Å². The number of nitrogens with two attached hydrogens (primary N) is 1. The van der Waals surface area contributed by atoms with Crippen LogP contribution in [0.2, 0.25) is 0 Å². The lowest BCUT2D eigenvalue weighted by Gasteiger charge is -2.36. The lowest BCUT2D eigenvalue weighted by atomic mass is 10.1. The van der Waals surface area contributed by atoms with E-state index in [1.54, 1.807) is 15.6 Å². The standard InChI is InChI=1S/C32H37FN10O2/c33-29-31(37-24-4-3-13-42(22-24)28(44)10-11-34)38-30(26-20-36-43-14-2-1-5-27(26)43)39-32(29)41-17-15-40(16-18-41)21-23-6-8-25(9-7-23)45-19-12-35/h1-2,5-9,14,20,24H,3-4,10,12-13,15-19,21-22,35H2,(H,37,38,39)/t24-/m1/s1. The van der Waals surface area contributed by atoms with E-state index in [4.69, 9.17) is 20.7 Å². The van der Waals surface area contributed by atoms with Crippen molar-refractivity contribution in [1.29, 1.82) is 5.26 Å². The molecular formula is C32H37FN10O2. The number of fused-ring (bicyclic) bond motifs is 1. The highest BCUT2D eigenvalue weighted by Crippen LogP contribution is 2.31. The molecule has 4 aromatic rings. The van der Waals surface area contributed by atoms with Gasteiger partial charge in [0.25, 0.3) is 0 Å². The van der Waals surface area contributed by atoms with Gasteiger partial charge in [0.15, 0.2) is 17.5 Å². The Bertz CT molecular complexity index is 1660. The van der Waals surface area contributed by atoms with E-state index in [1.165, 1.54) is 5.56 Å². The highest BCUT2D eigenvalue weighted by Gasteiger charge is 2.28. The van der Waals surface area contributed by atoms with E-state index in [-0.39, 0.29) is 30.0 Å². The summed E-state index contributed by atoms with van der Waals surface area (Å²) in [7, 11) is 0. The number of hydrogen-bond donors (Lipinski definition) is 2. The van der Waals surface area contributed by atoms with Gasteiger partial charge < -0.3 is 25.6 Å². The van der Waals surface area contributed by atoms with Crippen LogP contribution in [0.25, 0.3) is 16.9 Å². The third-order valence-electron chi connectivity index (χ3n) is 8.23. The number of rotatable bonds is 10. The van der Waals surface area contributed by atoms with Crippen LogP contribution in [0.1, 0.15) is 24.8 Å². The van der Waals surface area contributed by atoms with Gasteiger partial charge in [-0.3, -0.25) is 9.69 Å². The second-order valence-electron chi connectivity index (χ2n) is 11.3. The van der Waals surface area contributed by atoms with Crippen molar-refractivity contribution in [2.45, 2.75) is 31.8 Å². The van der Waals surface area contributed by atoms with Crippen LogP contribution in [-0.2, 0) is 11.3 Å². The minimum absolute atomic E-state index is 0.101. The van der Waals surface area contributed by atoms with E-state index in [0.717, 1.165) is 43.7 Å². The normalized spacial score (nSPS) is 17.3. The van der Waals surface area contributed by atoms with Crippen molar-refractivity contribution in [2.75, 3.05) is 62.6 Å². The summed E-state index contributed by atoms with van der Waals surface area (Å²) in [5.74, 6) is 0.791. The number of piperidine rings is 1. The Kier molecular flexibility index (Phi) is 9.33. The number of amides is 1. The molecular weight excluding hydrogens is 575 g/mol. The van der Waals surface area contributed by atoms with Crippen LogP contribution in [0.5, 0.6) is 5.75 Å². The van der Waals surface area contributed by atoms with Crippen LogP contribution >= 0.6 is 0 Å². The Morgan fingerprint density at radius 3 is 2.71 bits per heavy atom. The number of carbonyl (C=O) groups is 1. The number of nitriles is 1. The molecule has 234 valence electrons. The van der Waals surface area contributed by atoms with Gasteiger partial charge in [0.1, 0.15) is 18.8 Å². The van der Waals surface area contributed by atoms with Crippen LogP contribution in [-0.4, -0.2) is 93.8 Å². The molecule has 0 radical (unpaired) electrons. The van der Waals surface area contributed by atoms with E-state index < -0.39 is 5.82 Å². The minimum Gasteiger partial charge on any atom is -0.492 e. The maximum absolute atomic E-state index is 16.3. The first-order valence-corrected chi connectivity index (χ1v) is 15.3. The van der Waals surface area contributed by atoms with Gasteiger partial charge >= 0.3 is 0 Å². The molecule has 1 amide bonds. The van der Waals surface area contributed by atoms with E-state index in [1.807, 2.05) is 47.5 Å². The van der Waals surface area contributed by atoms with Gasteiger partial charge in [-0.15, -0.1) is 0 Å². The predicted octanol–water partition coefficient (Wildman–Crippen LogP) is 2.91. The first-order valence-electron chi connectivity index (χ1n) is 15.3. The van der Waals surface area contributed by atoms with Gasteiger partial charge in [0.2, 0.25) is 11.7 Å². The van der Waals surface area contributed by atoms with Crippen molar-refractivity contribution in [3.8, 4) is 23.2 Å². The molecule has 0 unspecified atom stereocenters. The van der Waals surface area contributed by atoms with E-state index in [0.29, 0.717) is 50.7 Å². The molecule has 2 aliphatic heterocycles. The smallest absolute Gasteiger partial charge is 0.236 e. The number of pyridine rings is 1. The van der Waals surface area contributed by atoms with Crippen molar-refractivity contribution in [2.24, 2.45) is 5.73 Å². The molecule has 1 atom stereocenters. The van der Waals surface area contributed by atoms with Crippen molar-refractivity contribution in [3.05, 3.63) is 66.2 Å². The third-order valence-corrected chi connectivity index (χ3v) is 8.23. The molecule has 0 aliphatic carbocycles. The van der Waals surface area contributed by atoms with Gasteiger partial charge in [-0.05, 0) is 42.7 Å². The quantitative estimate of drug-likeness (QED) is 0.275. The highest BCUT2D eigenvalue weighted by atomic mass is 19.1. The van der Waals surface area contributed by atoms with Gasteiger partial charge in [0.05, 0.1) is 23.3 Å². The predicted molar refractivity (Wildman–Crippen MR) is 168 cm³/mol. The zero-order valence-electron chi connectivity index (χ0n) is 25.1. The van der Waals surface area contributed by atoms with Gasteiger partial charge in [-0.2, -0.15) is 14.8 Å². The zero-order valence-corrected chi connectivity index (χ0v) is 25.1. The third kappa shape index (κ3) is 6.97. The maximum Gasteiger partial charge on any atom is 0.236 e. The Morgan fingerprint density at radius 2 is 1.93 bits per heavy atom. The molecule has 12 nitrogen and oxygen atoms in total. The molecule has 13 heteroatoms. The fraction of sp³-hybridized carbons (Fsp3) is 0.406. The molecule has 2 fully saturated rings. The first-order chi connectivity index (χ1) is 22.0. The summed E-state index contributed by atoms with van der Waals surface area (Å²) in [6, 6.07) is 15.5. The van der Waals surface area contributed by atoms with Crippen LogP contribution in [0.15, 0.2) is 54.9 Å². The van der Waals surface area contributed by atoms with Crippen molar-refractivity contribution >= 4 is 23.1 Å². The summed E-state index contributed by atoms with van der Waals surface area (Å²) in [6.45, 7) is 5.37. The number of nitrogens with one attached hydrogen (secondary N) is 1. The zero-order chi connectivity index (χ0) is 31.2. The molecule has 1 aromatic carbocycles. The van der Waals surface area contributed by atoms with Crippen LogP contribution in [0.3, 0.4) is 0 Å². The van der Waals surface area contributed by atoms with Crippen molar-refractivity contribution < 1.29 is 13.9 Å². The summed E-state index contributed by atoms with van der Waals surface area (Å²) >= 11 is 0. The second kappa shape index (κ2) is 13.9. The average molecular weight is 613 g/mol. The molecule has 3 aromatic heterocycles. The number of ether oxygens (including phenoxy) is 1. The van der Waals surface area contributed by atoms with E-state index in [9.17, 15) is 4.79 Å². The number of hydrogen-bond acceptors (Lipinski definition) is 10. The first kappa shape index (κ1) is 30.2. The summed E-state index contributed by atoms with van der Waals surface area (Å²) in [5.41, 5.74) is 8.22. The SMILES string of the molecule is N#CCC(=O)N1CCC[C@@H](Nc2nc(-c3cnn4ccccc34)nc(N3CCN(Cc4ccc(OCCN)cc4)CC3)c2F)C1. The number of carbonyl (C=O) groups excluding carboxylic acids is 1. The van der Waals surface area contributed by atoms with Crippen LogP contribution in [0.4, 0.5) is 16.0 Å². The number of aromatic nitrogens is 4.